The average molecular weight is 293 g/mol. The molecule has 1 aromatic heterocycles. The SMILES string of the molecule is CC(C)c1cc2c(Cl)c(F)c(Cl)cc2nc1Cl. The number of halogens is 4. The van der Waals surface area contributed by atoms with Gasteiger partial charge in [0.05, 0.1) is 15.6 Å². The Bertz CT molecular complexity index is 596. The van der Waals surface area contributed by atoms with Gasteiger partial charge in [0.1, 0.15) is 5.15 Å². The van der Waals surface area contributed by atoms with Gasteiger partial charge in [0, 0.05) is 5.39 Å². The molecule has 1 heterocycles. The highest BCUT2D eigenvalue weighted by atomic mass is 35.5. The fraction of sp³-hybridized carbons (Fsp3) is 0.250. The summed E-state index contributed by atoms with van der Waals surface area (Å²) >= 11 is 17.7. The van der Waals surface area contributed by atoms with Crippen molar-refractivity contribution in [2.24, 2.45) is 0 Å². The number of rotatable bonds is 1. The molecule has 0 radical (unpaired) electrons. The van der Waals surface area contributed by atoms with Gasteiger partial charge >= 0.3 is 0 Å². The molecule has 17 heavy (non-hydrogen) atoms. The van der Waals surface area contributed by atoms with Gasteiger partial charge in [0.25, 0.3) is 0 Å². The highest BCUT2D eigenvalue weighted by Gasteiger charge is 2.15. The van der Waals surface area contributed by atoms with Gasteiger partial charge in [-0.05, 0) is 23.6 Å². The van der Waals surface area contributed by atoms with Crippen LogP contribution in [0.15, 0.2) is 12.1 Å². The van der Waals surface area contributed by atoms with E-state index < -0.39 is 5.82 Å². The molecule has 0 spiro atoms. The molecule has 0 aliphatic carbocycles. The Hall–Kier alpha value is -0.570. The molecule has 0 amide bonds. The van der Waals surface area contributed by atoms with E-state index in [9.17, 15) is 4.39 Å². The molecule has 1 aromatic carbocycles. The zero-order valence-electron chi connectivity index (χ0n) is 9.19. The molecule has 0 unspecified atom stereocenters. The third-order valence-electron chi connectivity index (χ3n) is 2.56. The Morgan fingerprint density at radius 1 is 1.18 bits per heavy atom. The molecule has 0 saturated heterocycles. The molecule has 0 aliphatic heterocycles. The molecular formula is C12H9Cl3FN. The van der Waals surface area contributed by atoms with Crippen molar-refractivity contribution in [3.8, 4) is 0 Å². The first-order valence-corrected chi connectivity index (χ1v) is 6.19. The highest BCUT2D eigenvalue weighted by Crippen LogP contribution is 2.34. The Labute approximate surface area is 114 Å². The molecule has 0 aliphatic rings. The zero-order valence-corrected chi connectivity index (χ0v) is 11.5. The molecule has 2 rings (SSSR count). The second-order valence-electron chi connectivity index (χ2n) is 4.08. The summed E-state index contributed by atoms with van der Waals surface area (Å²) in [5.74, 6) is -0.436. The molecule has 1 nitrogen and oxygen atoms in total. The van der Waals surface area contributed by atoms with Crippen LogP contribution in [-0.4, -0.2) is 4.98 Å². The number of benzene rings is 1. The van der Waals surface area contributed by atoms with Crippen LogP contribution in [0, 0.1) is 5.82 Å². The minimum Gasteiger partial charge on any atom is -0.236 e. The average Bonchev–Trinajstić information content (AvgIpc) is 2.25. The summed E-state index contributed by atoms with van der Waals surface area (Å²) in [4.78, 5) is 4.19. The van der Waals surface area contributed by atoms with Crippen LogP contribution < -0.4 is 0 Å². The van der Waals surface area contributed by atoms with Gasteiger partial charge in [0.2, 0.25) is 0 Å². The fourth-order valence-corrected chi connectivity index (χ4v) is 2.48. The number of nitrogens with zero attached hydrogens (tertiary/aromatic N) is 1. The minimum atomic E-state index is -0.625. The largest absolute Gasteiger partial charge is 0.236 e. The first-order chi connectivity index (χ1) is 7.91. The quantitative estimate of drug-likeness (QED) is 0.502. The van der Waals surface area contributed by atoms with Crippen molar-refractivity contribution in [1.82, 2.24) is 4.98 Å². The van der Waals surface area contributed by atoms with E-state index >= 15 is 0 Å². The van der Waals surface area contributed by atoms with Crippen molar-refractivity contribution in [1.29, 1.82) is 0 Å². The normalized spacial score (nSPS) is 11.5. The van der Waals surface area contributed by atoms with Crippen LogP contribution in [0.1, 0.15) is 25.3 Å². The van der Waals surface area contributed by atoms with E-state index in [0.29, 0.717) is 16.1 Å². The van der Waals surface area contributed by atoms with Crippen LogP contribution >= 0.6 is 34.8 Å². The highest BCUT2D eigenvalue weighted by molar-refractivity contribution is 6.39. The van der Waals surface area contributed by atoms with Crippen LogP contribution in [0.5, 0.6) is 0 Å². The van der Waals surface area contributed by atoms with Crippen molar-refractivity contribution in [2.45, 2.75) is 19.8 Å². The Balaban J connectivity index is 2.85. The summed E-state index contributed by atoms with van der Waals surface area (Å²) in [6.07, 6.45) is 0. The maximum atomic E-state index is 13.6. The first kappa shape index (κ1) is 12.9. The van der Waals surface area contributed by atoms with E-state index in [1.807, 2.05) is 13.8 Å². The van der Waals surface area contributed by atoms with Crippen LogP contribution in [0.2, 0.25) is 15.2 Å². The van der Waals surface area contributed by atoms with Gasteiger partial charge in [-0.25, -0.2) is 9.37 Å². The van der Waals surface area contributed by atoms with Gasteiger partial charge in [-0.1, -0.05) is 48.7 Å². The van der Waals surface area contributed by atoms with Crippen LogP contribution in [-0.2, 0) is 0 Å². The minimum absolute atomic E-state index is 0.0152. The Morgan fingerprint density at radius 2 is 1.82 bits per heavy atom. The lowest BCUT2D eigenvalue weighted by Crippen LogP contribution is -1.94. The summed E-state index contributed by atoms with van der Waals surface area (Å²) < 4.78 is 13.6. The second kappa shape index (κ2) is 4.60. The number of hydrogen-bond acceptors (Lipinski definition) is 1. The molecule has 0 N–H and O–H groups in total. The number of hydrogen-bond donors (Lipinski definition) is 0. The van der Waals surface area contributed by atoms with E-state index in [-0.39, 0.29) is 16.0 Å². The van der Waals surface area contributed by atoms with Crippen molar-refractivity contribution in [3.63, 3.8) is 0 Å². The van der Waals surface area contributed by atoms with Crippen molar-refractivity contribution < 1.29 is 4.39 Å². The third kappa shape index (κ3) is 2.22. The summed E-state index contributed by atoms with van der Waals surface area (Å²) in [5, 5.41) is 0.856. The zero-order chi connectivity index (χ0) is 12.7. The lowest BCUT2D eigenvalue weighted by molar-refractivity contribution is 0.630. The van der Waals surface area contributed by atoms with E-state index in [0.717, 1.165) is 5.56 Å². The van der Waals surface area contributed by atoms with Gasteiger partial charge in [0.15, 0.2) is 5.82 Å². The van der Waals surface area contributed by atoms with Gasteiger partial charge in [-0.3, -0.25) is 0 Å². The van der Waals surface area contributed by atoms with E-state index in [1.165, 1.54) is 6.07 Å². The predicted molar refractivity (Wildman–Crippen MR) is 70.8 cm³/mol. The van der Waals surface area contributed by atoms with E-state index in [1.54, 1.807) is 6.07 Å². The molecule has 2 aromatic rings. The van der Waals surface area contributed by atoms with E-state index in [4.69, 9.17) is 34.8 Å². The molecule has 0 fully saturated rings. The van der Waals surface area contributed by atoms with Crippen molar-refractivity contribution in [3.05, 3.63) is 38.7 Å². The van der Waals surface area contributed by atoms with Crippen molar-refractivity contribution >= 4 is 45.7 Å². The summed E-state index contributed by atoms with van der Waals surface area (Å²) in [7, 11) is 0. The van der Waals surface area contributed by atoms with Crippen LogP contribution in [0.3, 0.4) is 0 Å². The first-order valence-electron chi connectivity index (χ1n) is 5.05. The van der Waals surface area contributed by atoms with E-state index in [2.05, 4.69) is 4.98 Å². The van der Waals surface area contributed by atoms with Gasteiger partial charge in [-0.15, -0.1) is 0 Å². The summed E-state index contributed by atoms with van der Waals surface area (Å²) in [6.45, 7) is 3.96. The van der Waals surface area contributed by atoms with Crippen LogP contribution in [0.4, 0.5) is 4.39 Å². The lowest BCUT2D eigenvalue weighted by Gasteiger charge is -2.10. The third-order valence-corrected chi connectivity index (χ3v) is 3.50. The topological polar surface area (TPSA) is 12.9 Å². The molecule has 0 bridgehead atoms. The molecule has 90 valence electrons. The fourth-order valence-electron chi connectivity index (χ4n) is 1.62. The predicted octanol–water partition coefficient (Wildman–Crippen LogP) is 5.46. The van der Waals surface area contributed by atoms with Crippen molar-refractivity contribution in [2.75, 3.05) is 0 Å². The number of pyridine rings is 1. The standard InChI is InChI=1S/C12H9Cl3FN/c1-5(2)6-3-7-9(17-12(6)15)4-8(13)11(16)10(7)14/h3-5H,1-2H3. The molecular weight excluding hydrogens is 283 g/mol. The lowest BCUT2D eigenvalue weighted by atomic mass is 10.0. The summed E-state index contributed by atoms with van der Waals surface area (Å²) in [5.41, 5.74) is 1.33. The second-order valence-corrected chi connectivity index (χ2v) is 5.22. The Kier molecular flexibility index (Phi) is 3.48. The maximum absolute atomic E-state index is 13.6. The maximum Gasteiger partial charge on any atom is 0.161 e. The monoisotopic (exact) mass is 291 g/mol. The molecule has 0 atom stereocenters. The number of fused-ring (bicyclic) bond motifs is 1. The molecule has 0 saturated carbocycles. The molecule has 5 heteroatoms. The summed E-state index contributed by atoms with van der Waals surface area (Å²) in [6, 6.07) is 3.19. The Morgan fingerprint density at radius 3 is 2.41 bits per heavy atom. The van der Waals surface area contributed by atoms with Gasteiger partial charge < -0.3 is 0 Å². The van der Waals surface area contributed by atoms with Crippen LogP contribution in [0.25, 0.3) is 10.9 Å². The number of aromatic nitrogens is 1. The smallest absolute Gasteiger partial charge is 0.161 e. The van der Waals surface area contributed by atoms with Gasteiger partial charge in [-0.2, -0.15) is 0 Å².